The highest BCUT2D eigenvalue weighted by Gasteiger charge is 2.27. The largest absolute Gasteiger partial charge is 0.459 e. The zero-order valence-electron chi connectivity index (χ0n) is 13.1. The highest BCUT2D eigenvalue weighted by Crippen LogP contribution is 2.28. The molecule has 2 amide bonds. The van der Waals surface area contributed by atoms with Gasteiger partial charge in [0.15, 0.2) is 5.76 Å². The van der Waals surface area contributed by atoms with Crippen LogP contribution in [0.15, 0.2) is 34.9 Å². The third kappa shape index (κ3) is 3.47. The van der Waals surface area contributed by atoms with Gasteiger partial charge < -0.3 is 14.6 Å². The van der Waals surface area contributed by atoms with Crippen molar-refractivity contribution < 1.29 is 14.0 Å². The molecule has 3 rings (SSSR count). The third-order valence-corrected chi connectivity index (χ3v) is 5.15. The van der Waals surface area contributed by atoms with Gasteiger partial charge in [-0.2, -0.15) is 0 Å². The molecule has 5 nitrogen and oxygen atoms in total. The molecule has 2 heterocycles. The van der Waals surface area contributed by atoms with Crippen molar-refractivity contribution in [2.75, 3.05) is 11.9 Å². The van der Waals surface area contributed by atoms with Crippen LogP contribution in [0.4, 0.5) is 5.00 Å². The summed E-state index contributed by atoms with van der Waals surface area (Å²) in [4.78, 5) is 27.3. The van der Waals surface area contributed by atoms with Crippen LogP contribution in [0.1, 0.15) is 52.8 Å². The molecule has 6 heteroatoms. The molecule has 0 bridgehead atoms. The molecule has 1 saturated carbocycles. The smallest absolute Gasteiger partial charge is 0.291 e. The molecule has 1 N–H and O–H groups in total. The molecule has 0 unspecified atom stereocenters. The van der Waals surface area contributed by atoms with Crippen LogP contribution in [0.25, 0.3) is 0 Å². The average Bonchev–Trinajstić information content (AvgIpc) is 3.30. The van der Waals surface area contributed by atoms with Crippen LogP contribution in [-0.4, -0.2) is 29.3 Å². The number of furan rings is 1. The van der Waals surface area contributed by atoms with Gasteiger partial charge in [-0.1, -0.05) is 12.8 Å². The SMILES string of the molecule is CCN(C(=O)c1ccc(NC(=O)c2ccco2)s1)C1CCCC1. The van der Waals surface area contributed by atoms with E-state index in [1.54, 1.807) is 24.3 Å². The highest BCUT2D eigenvalue weighted by molar-refractivity contribution is 7.18. The summed E-state index contributed by atoms with van der Waals surface area (Å²) in [5.41, 5.74) is 0. The van der Waals surface area contributed by atoms with Crippen LogP contribution in [-0.2, 0) is 0 Å². The van der Waals surface area contributed by atoms with Crippen molar-refractivity contribution in [2.24, 2.45) is 0 Å². The van der Waals surface area contributed by atoms with E-state index < -0.39 is 0 Å². The van der Waals surface area contributed by atoms with E-state index in [4.69, 9.17) is 4.42 Å². The van der Waals surface area contributed by atoms with E-state index in [0.717, 1.165) is 19.4 Å². The average molecular weight is 332 g/mol. The fraction of sp³-hybridized carbons (Fsp3) is 0.412. The summed E-state index contributed by atoms with van der Waals surface area (Å²) in [6, 6.07) is 7.17. The Labute approximate surface area is 139 Å². The molecular weight excluding hydrogens is 312 g/mol. The third-order valence-electron chi connectivity index (χ3n) is 4.17. The molecule has 1 fully saturated rings. The Hall–Kier alpha value is -2.08. The topological polar surface area (TPSA) is 62.6 Å². The number of carbonyl (C=O) groups excluding carboxylic acids is 2. The van der Waals surface area contributed by atoms with Crippen LogP contribution >= 0.6 is 11.3 Å². The predicted octanol–water partition coefficient (Wildman–Crippen LogP) is 4.00. The van der Waals surface area contributed by atoms with Crippen molar-refractivity contribution in [3.63, 3.8) is 0 Å². The van der Waals surface area contributed by atoms with Gasteiger partial charge in [-0.3, -0.25) is 9.59 Å². The van der Waals surface area contributed by atoms with E-state index in [2.05, 4.69) is 5.32 Å². The lowest BCUT2D eigenvalue weighted by Crippen LogP contribution is -2.38. The molecule has 2 aromatic rings. The molecule has 2 aromatic heterocycles. The molecule has 23 heavy (non-hydrogen) atoms. The maximum atomic E-state index is 12.7. The van der Waals surface area contributed by atoms with Gasteiger partial charge in [-0.25, -0.2) is 0 Å². The van der Waals surface area contributed by atoms with Gasteiger partial charge >= 0.3 is 0 Å². The number of rotatable bonds is 5. The van der Waals surface area contributed by atoms with Crippen molar-refractivity contribution in [1.29, 1.82) is 0 Å². The second-order valence-corrected chi connectivity index (χ2v) is 6.71. The van der Waals surface area contributed by atoms with Gasteiger partial charge in [0, 0.05) is 12.6 Å². The first kappa shape index (κ1) is 15.8. The van der Waals surface area contributed by atoms with Crippen LogP contribution in [0, 0.1) is 0 Å². The van der Waals surface area contributed by atoms with Crippen molar-refractivity contribution in [1.82, 2.24) is 4.90 Å². The number of anilines is 1. The van der Waals surface area contributed by atoms with E-state index in [1.807, 2.05) is 11.8 Å². The molecule has 0 saturated heterocycles. The Morgan fingerprint density at radius 2 is 2.09 bits per heavy atom. The second kappa shape index (κ2) is 7.00. The number of thiophene rings is 1. The molecule has 0 atom stereocenters. The summed E-state index contributed by atoms with van der Waals surface area (Å²) in [5.74, 6) is 0.00861. The van der Waals surface area contributed by atoms with E-state index in [0.29, 0.717) is 15.9 Å². The lowest BCUT2D eigenvalue weighted by molar-refractivity contribution is 0.0698. The summed E-state index contributed by atoms with van der Waals surface area (Å²) in [5, 5.41) is 3.41. The van der Waals surface area contributed by atoms with Crippen LogP contribution in [0.3, 0.4) is 0 Å². The number of hydrogen-bond donors (Lipinski definition) is 1. The number of hydrogen-bond acceptors (Lipinski definition) is 4. The molecule has 122 valence electrons. The minimum absolute atomic E-state index is 0.0582. The van der Waals surface area contributed by atoms with Gasteiger partial charge in [-0.05, 0) is 44.0 Å². The fourth-order valence-electron chi connectivity index (χ4n) is 3.03. The minimum Gasteiger partial charge on any atom is -0.459 e. The monoisotopic (exact) mass is 332 g/mol. The van der Waals surface area contributed by atoms with Gasteiger partial charge in [0.05, 0.1) is 16.1 Å². The zero-order valence-corrected chi connectivity index (χ0v) is 13.9. The Morgan fingerprint density at radius 3 is 2.74 bits per heavy atom. The van der Waals surface area contributed by atoms with Gasteiger partial charge in [-0.15, -0.1) is 11.3 Å². The molecule has 0 aliphatic heterocycles. The maximum Gasteiger partial charge on any atom is 0.291 e. The molecule has 0 aromatic carbocycles. The number of nitrogens with zero attached hydrogens (tertiary/aromatic N) is 1. The molecule has 1 aliphatic rings. The summed E-state index contributed by atoms with van der Waals surface area (Å²) >= 11 is 1.30. The minimum atomic E-state index is -0.306. The fourth-order valence-corrected chi connectivity index (χ4v) is 3.88. The Balaban J connectivity index is 1.68. The Morgan fingerprint density at radius 1 is 1.30 bits per heavy atom. The second-order valence-electron chi connectivity index (χ2n) is 5.62. The molecule has 0 radical (unpaired) electrons. The normalized spacial score (nSPS) is 14.8. The quantitative estimate of drug-likeness (QED) is 0.900. The van der Waals surface area contributed by atoms with Crippen LogP contribution in [0.2, 0.25) is 0 Å². The zero-order chi connectivity index (χ0) is 16.2. The van der Waals surface area contributed by atoms with Crippen molar-refractivity contribution in [3.8, 4) is 0 Å². The summed E-state index contributed by atoms with van der Waals surface area (Å²) in [6.07, 6.45) is 6.03. The van der Waals surface area contributed by atoms with Gasteiger partial charge in [0.1, 0.15) is 0 Å². The Bertz CT molecular complexity index is 672. The lowest BCUT2D eigenvalue weighted by atomic mass is 10.2. The molecule has 1 aliphatic carbocycles. The maximum absolute atomic E-state index is 12.7. The van der Waals surface area contributed by atoms with Crippen molar-refractivity contribution in [2.45, 2.75) is 38.6 Å². The summed E-state index contributed by atoms with van der Waals surface area (Å²) in [7, 11) is 0. The number of amides is 2. The van der Waals surface area contributed by atoms with E-state index >= 15 is 0 Å². The Kier molecular flexibility index (Phi) is 4.81. The van der Waals surface area contributed by atoms with E-state index in [1.165, 1.54) is 30.4 Å². The first-order valence-electron chi connectivity index (χ1n) is 7.94. The van der Waals surface area contributed by atoms with Crippen molar-refractivity contribution >= 4 is 28.2 Å². The van der Waals surface area contributed by atoms with Crippen LogP contribution in [0.5, 0.6) is 0 Å². The standard InChI is InChI=1S/C17H20N2O3S/c1-2-19(12-6-3-4-7-12)17(21)14-9-10-15(23-14)18-16(20)13-8-5-11-22-13/h5,8-12H,2-4,6-7H2,1H3,(H,18,20). The summed E-state index contributed by atoms with van der Waals surface area (Å²) in [6.45, 7) is 2.74. The highest BCUT2D eigenvalue weighted by atomic mass is 32.1. The number of nitrogens with one attached hydrogen (secondary N) is 1. The van der Waals surface area contributed by atoms with Gasteiger partial charge in [0.2, 0.25) is 0 Å². The van der Waals surface area contributed by atoms with E-state index in [9.17, 15) is 9.59 Å². The first-order chi connectivity index (χ1) is 11.2. The van der Waals surface area contributed by atoms with Crippen molar-refractivity contribution in [3.05, 3.63) is 41.2 Å². The van der Waals surface area contributed by atoms with E-state index in [-0.39, 0.29) is 17.6 Å². The molecule has 0 spiro atoms. The van der Waals surface area contributed by atoms with Crippen LogP contribution < -0.4 is 5.32 Å². The lowest BCUT2D eigenvalue weighted by Gasteiger charge is -2.27. The number of carbonyl (C=O) groups is 2. The predicted molar refractivity (Wildman–Crippen MR) is 89.9 cm³/mol. The molecular formula is C17H20N2O3S. The van der Waals surface area contributed by atoms with Gasteiger partial charge in [0.25, 0.3) is 11.8 Å². The first-order valence-corrected chi connectivity index (χ1v) is 8.76. The summed E-state index contributed by atoms with van der Waals surface area (Å²) < 4.78 is 5.06.